The number of nitriles is 1. The van der Waals surface area contributed by atoms with Crippen molar-refractivity contribution in [2.24, 2.45) is 0 Å². The van der Waals surface area contributed by atoms with E-state index in [-0.39, 0.29) is 21.8 Å². The summed E-state index contributed by atoms with van der Waals surface area (Å²) in [4.78, 5) is 28.5. The zero-order valence-corrected chi connectivity index (χ0v) is 11.1. The maximum atomic E-state index is 10.7. The molecule has 2 aromatic heterocycles. The first kappa shape index (κ1) is 14.4. The molecule has 0 spiro atoms. The molecule has 0 aliphatic heterocycles. The molecule has 21 heavy (non-hydrogen) atoms. The summed E-state index contributed by atoms with van der Waals surface area (Å²) in [6.07, 6.45) is 2.23. The van der Waals surface area contributed by atoms with Gasteiger partial charge in [0.05, 0.1) is 16.1 Å². The summed E-state index contributed by atoms with van der Waals surface area (Å²) in [6.45, 7) is 0. The van der Waals surface area contributed by atoms with E-state index in [2.05, 4.69) is 9.97 Å². The molecular formula is C12H6N4O4S. The largest absolute Gasteiger partial charge is 0.478 e. The number of carbonyl (C=O) groups is 1. The molecule has 0 unspecified atom stereocenters. The Bertz CT molecular complexity index is 755. The third-order valence-electron chi connectivity index (χ3n) is 2.35. The van der Waals surface area contributed by atoms with Crippen molar-refractivity contribution in [2.45, 2.75) is 10.1 Å². The highest BCUT2D eigenvalue weighted by molar-refractivity contribution is 7.99. The van der Waals surface area contributed by atoms with Crippen molar-refractivity contribution in [2.75, 3.05) is 0 Å². The highest BCUT2D eigenvalue weighted by atomic mass is 32.2. The summed E-state index contributed by atoms with van der Waals surface area (Å²) >= 11 is 1.02. The Labute approximate surface area is 122 Å². The van der Waals surface area contributed by atoms with Crippen molar-refractivity contribution in [1.82, 2.24) is 9.97 Å². The number of pyridine rings is 2. The van der Waals surface area contributed by atoms with Crippen LogP contribution in [0.25, 0.3) is 0 Å². The van der Waals surface area contributed by atoms with Gasteiger partial charge < -0.3 is 5.11 Å². The Hall–Kier alpha value is -2.99. The Morgan fingerprint density at radius 2 is 2.14 bits per heavy atom. The van der Waals surface area contributed by atoms with Crippen LogP contribution in [0.1, 0.15) is 15.9 Å². The van der Waals surface area contributed by atoms with Gasteiger partial charge in [-0.1, -0.05) is 0 Å². The standard InChI is InChI=1S/C12H6N4O4S/c13-4-8-3-9(16(19)20)6-15-11(8)21-10-2-1-7(5-14-10)12(17)18/h1-3,5-6H,(H,17,18). The number of hydrogen-bond donors (Lipinski definition) is 1. The van der Waals surface area contributed by atoms with E-state index in [1.165, 1.54) is 18.3 Å². The molecule has 2 heterocycles. The second kappa shape index (κ2) is 5.98. The molecule has 1 N–H and O–H groups in total. The molecule has 0 aromatic carbocycles. The minimum absolute atomic E-state index is 0.0384. The van der Waals surface area contributed by atoms with E-state index < -0.39 is 10.9 Å². The molecule has 9 heteroatoms. The molecule has 2 aromatic rings. The number of carboxylic acids is 1. The molecule has 0 amide bonds. The third kappa shape index (κ3) is 3.31. The number of nitrogens with zero attached hydrogens (tertiary/aromatic N) is 4. The Morgan fingerprint density at radius 3 is 2.67 bits per heavy atom. The van der Waals surface area contributed by atoms with Crippen molar-refractivity contribution in [3.8, 4) is 6.07 Å². The quantitative estimate of drug-likeness (QED) is 0.671. The summed E-state index contributed by atoms with van der Waals surface area (Å²) < 4.78 is 0. The van der Waals surface area contributed by atoms with Gasteiger partial charge in [-0.3, -0.25) is 10.1 Å². The molecule has 8 nitrogen and oxygen atoms in total. The van der Waals surface area contributed by atoms with Gasteiger partial charge in [-0.05, 0) is 23.9 Å². The lowest BCUT2D eigenvalue weighted by Crippen LogP contribution is -1.97. The number of carboxylic acid groups (broad SMARTS) is 1. The van der Waals surface area contributed by atoms with E-state index >= 15 is 0 Å². The minimum Gasteiger partial charge on any atom is -0.478 e. The van der Waals surface area contributed by atoms with Crippen LogP contribution < -0.4 is 0 Å². The third-order valence-corrected chi connectivity index (χ3v) is 3.32. The fourth-order valence-corrected chi connectivity index (χ4v) is 2.13. The van der Waals surface area contributed by atoms with Crippen LogP contribution in [0.2, 0.25) is 0 Å². The molecule has 104 valence electrons. The molecule has 0 radical (unpaired) electrons. The van der Waals surface area contributed by atoms with Crippen molar-refractivity contribution >= 4 is 23.4 Å². The van der Waals surface area contributed by atoms with Crippen LogP contribution in [-0.2, 0) is 0 Å². The van der Waals surface area contributed by atoms with Gasteiger partial charge in [-0.2, -0.15) is 5.26 Å². The van der Waals surface area contributed by atoms with Gasteiger partial charge in [0.25, 0.3) is 5.69 Å². The lowest BCUT2D eigenvalue weighted by atomic mass is 10.3. The highest BCUT2D eigenvalue weighted by Crippen LogP contribution is 2.28. The topological polar surface area (TPSA) is 130 Å². The second-order valence-corrected chi connectivity index (χ2v) is 4.72. The van der Waals surface area contributed by atoms with E-state index in [1.807, 2.05) is 6.07 Å². The van der Waals surface area contributed by atoms with Gasteiger partial charge in [0.1, 0.15) is 22.3 Å². The molecule has 0 aliphatic carbocycles. The minimum atomic E-state index is -1.09. The monoisotopic (exact) mass is 302 g/mol. The van der Waals surface area contributed by atoms with Crippen LogP contribution in [0, 0.1) is 21.4 Å². The summed E-state index contributed by atoms with van der Waals surface area (Å²) in [7, 11) is 0. The Morgan fingerprint density at radius 1 is 1.38 bits per heavy atom. The summed E-state index contributed by atoms with van der Waals surface area (Å²) in [5, 5.41) is 29.1. The first-order valence-electron chi connectivity index (χ1n) is 5.43. The predicted molar refractivity (Wildman–Crippen MR) is 70.9 cm³/mol. The molecule has 0 saturated heterocycles. The first-order valence-corrected chi connectivity index (χ1v) is 6.24. The van der Waals surface area contributed by atoms with Crippen molar-refractivity contribution in [1.29, 1.82) is 5.26 Å². The molecule has 0 saturated carbocycles. The van der Waals surface area contributed by atoms with Gasteiger partial charge in [0, 0.05) is 12.3 Å². The molecular weight excluding hydrogens is 296 g/mol. The fraction of sp³-hybridized carbons (Fsp3) is 0. The predicted octanol–water partition coefficient (Wildman–Crippen LogP) is 2.11. The van der Waals surface area contributed by atoms with Gasteiger partial charge >= 0.3 is 5.97 Å². The van der Waals surface area contributed by atoms with E-state index in [9.17, 15) is 14.9 Å². The normalized spacial score (nSPS) is 9.86. The number of nitro groups is 1. The van der Waals surface area contributed by atoms with E-state index in [4.69, 9.17) is 10.4 Å². The zero-order chi connectivity index (χ0) is 15.4. The van der Waals surface area contributed by atoms with Gasteiger partial charge in [-0.15, -0.1) is 0 Å². The van der Waals surface area contributed by atoms with Crippen molar-refractivity contribution in [3.05, 3.63) is 51.8 Å². The first-order chi connectivity index (χ1) is 10.0. The van der Waals surface area contributed by atoms with Crippen molar-refractivity contribution in [3.63, 3.8) is 0 Å². The highest BCUT2D eigenvalue weighted by Gasteiger charge is 2.14. The Kier molecular flexibility index (Phi) is 4.10. The van der Waals surface area contributed by atoms with Crippen LogP contribution >= 0.6 is 11.8 Å². The van der Waals surface area contributed by atoms with E-state index in [1.54, 1.807) is 0 Å². The molecule has 0 fully saturated rings. The smallest absolute Gasteiger partial charge is 0.337 e. The second-order valence-electron chi connectivity index (χ2n) is 3.71. The molecule has 0 bridgehead atoms. The van der Waals surface area contributed by atoms with E-state index in [0.29, 0.717) is 5.03 Å². The van der Waals surface area contributed by atoms with Crippen LogP contribution in [-0.4, -0.2) is 26.0 Å². The molecule has 0 aliphatic rings. The molecule has 2 rings (SSSR count). The summed E-state index contributed by atoms with van der Waals surface area (Å²) in [5.41, 5.74) is -0.181. The number of aromatic carboxylic acids is 1. The summed E-state index contributed by atoms with van der Waals surface area (Å²) in [5.74, 6) is -1.09. The van der Waals surface area contributed by atoms with Gasteiger partial charge in [0.15, 0.2) is 0 Å². The van der Waals surface area contributed by atoms with Crippen LogP contribution in [0.3, 0.4) is 0 Å². The lowest BCUT2D eigenvalue weighted by Gasteiger charge is -2.02. The zero-order valence-electron chi connectivity index (χ0n) is 10.3. The lowest BCUT2D eigenvalue weighted by molar-refractivity contribution is -0.385. The van der Waals surface area contributed by atoms with E-state index in [0.717, 1.165) is 24.0 Å². The average molecular weight is 302 g/mol. The van der Waals surface area contributed by atoms with Crippen molar-refractivity contribution < 1.29 is 14.8 Å². The number of aromatic nitrogens is 2. The van der Waals surface area contributed by atoms with Crippen LogP contribution in [0.15, 0.2) is 40.6 Å². The number of rotatable bonds is 4. The maximum absolute atomic E-state index is 10.7. The maximum Gasteiger partial charge on any atom is 0.337 e. The summed E-state index contributed by atoms with van der Waals surface area (Å²) in [6, 6.07) is 5.80. The molecule has 0 atom stereocenters. The van der Waals surface area contributed by atoms with Crippen LogP contribution in [0.5, 0.6) is 0 Å². The van der Waals surface area contributed by atoms with Crippen LogP contribution in [0.4, 0.5) is 5.69 Å². The SMILES string of the molecule is N#Cc1cc([N+](=O)[O-])cnc1Sc1ccc(C(=O)O)cn1. The average Bonchev–Trinajstić information content (AvgIpc) is 2.48. The van der Waals surface area contributed by atoms with Gasteiger partial charge in [-0.25, -0.2) is 14.8 Å². The Balaban J connectivity index is 2.29. The fourth-order valence-electron chi connectivity index (χ4n) is 1.37. The van der Waals surface area contributed by atoms with Gasteiger partial charge in [0.2, 0.25) is 0 Å². The number of hydrogen-bond acceptors (Lipinski definition) is 7.